The molecule has 5 nitrogen and oxygen atoms in total. The molecule has 3 heterocycles. The van der Waals surface area contributed by atoms with Crippen molar-refractivity contribution in [1.82, 2.24) is 9.80 Å². The Morgan fingerprint density at radius 1 is 0.968 bits per heavy atom. The Balaban J connectivity index is 1.30. The molecular formula is C26H29N3O2. The minimum absolute atomic E-state index is 0.0378. The van der Waals surface area contributed by atoms with Crippen LogP contribution in [-0.2, 0) is 0 Å². The van der Waals surface area contributed by atoms with Crippen LogP contribution in [0.25, 0.3) is 0 Å². The average molecular weight is 416 g/mol. The number of likely N-dealkylation sites (tertiary alicyclic amines) is 2. The SMILES string of the molecule is CC(N)c1ccc(C(=O)N2CC(c3ccccc3)C2CN2CC(c3ccccc3)C2)o1. The van der Waals surface area contributed by atoms with Gasteiger partial charge in [-0.1, -0.05) is 60.7 Å². The number of benzene rings is 2. The highest BCUT2D eigenvalue weighted by Gasteiger charge is 2.45. The van der Waals surface area contributed by atoms with Gasteiger partial charge in [-0.3, -0.25) is 9.69 Å². The molecule has 160 valence electrons. The molecule has 3 unspecified atom stereocenters. The summed E-state index contributed by atoms with van der Waals surface area (Å²) in [7, 11) is 0. The number of carbonyl (C=O) groups excluding carboxylic acids is 1. The Morgan fingerprint density at radius 3 is 2.23 bits per heavy atom. The van der Waals surface area contributed by atoms with Gasteiger partial charge < -0.3 is 15.1 Å². The van der Waals surface area contributed by atoms with Crippen molar-refractivity contribution in [3.05, 3.63) is 95.4 Å². The number of rotatable bonds is 6. The van der Waals surface area contributed by atoms with Crippen molar-refractivity contribution in [3.63, 3.8) is 0 Å². The number of nitrogens with two attached hydrogens (primary N) is 1. The largest absolute Gasteiger partial charge is 0.454 e. The van der Waals surface area contributed by atoms with E-state index in [0.717, 1.165) is 26.2 Å². The number of amides is 1. The van der Waals surface area contributed by atoms with Gasteiger partial charge in [-0.25, -0.2) is 0 Å². The van der Waals surface area contributed by atoms with E-state index >= 15 is 0 Å². The van der Waals surface area contributed by atoms with Crippen molar-refractivity contribution < 1.29 is 9.21 Å². The van der Waals surface area contributed by atoms with E-state index in [9.17, 15) is 4.79 Å². The molecule has 0 spiro atoms. The molecule has 0 bridgehead atoms. The van der Waals surface area contributed by atoms with E-state index in [4.69, 9.17) is 10.2 Å². The third kappa shape index (κ3) is 3.91. The Hall–Kier alpha value is -2.89. The maximum Gasteiger partial charge on any atom is 0.289 e. The normalized spacial score (nSPS) is 22.6. The molecule has 2 saturated heterocycles. The number of nitrogens with zero attached hydrogens (tertiary/aromatic N) is 2. The van der Waals surface area contributed by atoms with Gasteiger partial charge >= 0.3 is 0 Å². The molecule has 2 aromatic carbocycles. The number of hydrogen-bond acceptors (Lipinski definition) is 4. The molecule has 2 N–H and O–H groups in total. The zero-order valence-electron chi connectivity index (χ0n) is 17.9. The predicted octanol–water partition coefficient (Wildman–Crippen LogP) is 4.01. The highest BCUT2D eigenvalue weighted by atomic mass is 16.4. The fraction of sp³-hybridized carbons (Fsp3) is 0.346. The zero-order chi connectivity index (χ0) is 21.4. The Morgan fingerprint density at radius 2 is 1.61 bits per heavy atom. The highest BCUT2D eigenvalue weighted by molar-refractivity contribution is 5.92. The first-order valence-corrected chi connectivity index (χ1v) is 11.1. The van der Waals surface area contributed by atoms with Gasteiger partial charge in [0.05, 0.1) is 12.1 Å². The zero-order valence-corrected chi connectivity index (χ0v) is 17.9. The van der Waals surface area contributed by atoms with Gasteiger partial charge in [-0.05, 0) is 30.2 Å². The number of hydrogen-bond donors (Lipinski definition) is 1. The lowest BCUT2D eigenvalue weighted by atomic mass is 9.80. The minimum Gasteiger partial charge on any atom is -0.454 e. The quantitative estimate of drug-likeness (QED) is 0.661. The van der Waals surface area contributed by atoms with Gasteiger partial charge in [0.2, 0.25) is 0 Å². The fourth-order valence-corrected chi connectivity index (χ4v) is 4.81. The summed E-state index contributed by atoms with van der Waals surface area (Å²) in [5, 5.41) is 0. The molecule has 3 atom stereocenters. The van der Waals surface area contributed by atoms with E-state index < -0.39 is 0 Å². The van der Waals surface area contributed by atoms with Gasteiger partial charge in [0, 0.05) is 38.0 Å². The van der Waals surface area contributed by atoms with Crippen LogP contribution in [0.1, 0.15) is 52.2 Å². The van der Waals surface area contributed by atoms with Crippen LogP contribution < -0.4 is 5.73 Å². The maximum atomic E-state index is 13.2. The summed E-state index contributed by atoms with van der Waals surface area (Å²) < 4.78 is 5.74. The van der Waals surface area contributed by atoms with Gasteiger partial charge in [0.15, 0.2) is 5.76 Å². The lowest BCUT2D eigenvalue weighted by Crippen LogP contribution is -2.63. The molecule has 1 aromatic heterocycles. The van der Waals surface area contributed by atoms with Crippen LogP contribution in [0.4, 0.5) is 0 Å². The summed E-state index contributed by atoms with van der Waals surface area (Å²) in [6.07, 6.45) is 0. The standard InChI is InChI=1S/C26H29N3O2/c1-18(27)24-12-13-25(31-24)26(30)29-16-22(20-10-6-3-7-11-20)23(29)17-28-14-21(15-28)19-8-4-2-5-9-19/h2-13,18,21-23H,14-17,27H2,1H3. The number of furan rings is 1. The van der Waals surface area contributed by atoms with Gasteiger partial charge in [0.1, 0.15) is 5.76 Å². The monoisotopic (exact) mass is 415 g/mol. The molecule has 0 saturated carbocycles. The number of carbonyl (C=O) groups is 1. The van der Waals surface area contributed by atoms with Gasteiger partial charge in [-0.15, -0.1) is 0 Å². The second-order valence-corrected chi connectivity index (χ2v) is 8.86. The molecule has 31 heavy (non-hydrogen) atoms. The van der Waals surface area contributed by atoms with Gasteiger partial charge in [0.25, 0.3) is 5.91 Å². The van der Waals surface area contributed by atoms with Crippen LogP contribution in [0.5, 0.6) is 0 Å². The molecule has 3 aromatic rings. The lowest BCUT2D eigenvalue weighted by molar-refractivity contribution is 0.00841. The summed E-state index contributed by atoms with van der Waals surface area (Å²) in [5.41, 5.74) is 8.60. The molecule has 2 fully saturated rings. The van der Waals surface area contributed by atoms with Crippen LogP contribution in [-0.4, -0.2) is 47.9 Å². The van der Waals surface area contributed by atoms with Crippen LogP contribution in [0, 0.1) is 0 Å². The molecule has 5 rings (SSSR count). The summed E-state index contributed by atoms with van der Waals surface area (Å²) in [4.78, 5) is 17.6. The Labute approximate surface area is 183 Å². The van der Waals surface area contributed by atoms with Crippen molar-refractivity contribution in [1.29, 1.82) is 0 Å². The summed E-state index contributed by atoms with van der Waals surface area (Å²) in [6, 6.07) is 24.7. The van der Waals surface area contributed by atoms with Crippen molar-refractivity contribution in [2.45, 2.75) is 30.8 Å². The topological polar surface area (TPSA) is 62.7 Å². The minimum atomic E-state index is -0.221. The smallest absolute Gasteiger partial charge is 0.289 e. The van der Waals surface area contributed by atoms with E-state index in [0.29, 0.717) is 23.4 Å². The molecule has 1 amide bonds. The molecule has 0 radical (unpaired) electrons. The third-order valence-electron chi connectivity index (χ3n) is 6.71. The predicted molar refractivity (Wildman–Crippen MR) is 121 cm³/mol. The first-order valence-electron chi connectivity index (χ1n) is 11.1. The van der Waals surface area contributed by atoms with Crippen molar-refractivity contribution in [2.24, 2.45) is 5.73 Å². The van der Waals surface area contributed by atoms with E-state index in [-0.39, 0.29) is 18.0 Å². The average Bonchev–Trinajstić information content (AvgIpc) is 3.24. The van der Waals surface area contributed by atoms with E-state index in [1.54, 1.807) is 12.1 Å². The molecule has 0 aliphatic carbocycles. The second kappa shape index (κ2) is 8.33. The van der Waals surface area contributed by atoms with Crippen LogP contribution in [0.15, 0.2) is 77.2 Å². The summed E-state index contributed by atoms with van der Waals surface area (Å²) >= 11 is 0. The first kappa shape index (κ1) is 20.0. The van der Waals surface area contributed by atoms with Crippen LogP contribution >= 0.6 is 0 Å². The van der Waals surface area contributed by atoms with E-state index in [2.05, 4.69) is 59.5 Å². The van der Waals surface area contributed by atoms with E-state index in [1.807, 2.05) is 17.9 Å². The van der Waals surface area contributed by atoms with E-state index in [1.165, 1.54) is 11.1 Å². The molecular weight excluding hydrogens is 386 g/mol. The summed E-state index contributed by atoms with van der Waals surface area (Å²) in [6.45, 7) is 5.55. The maximum absolute atomic E-state index is 13.2. The van der Waals surface area contributed by atoms with Crippen molar-refractivity contribution in [2.75, 3.05) is 26.2 Å². The molecule has 5 heteroatoms. The van der Waals surface area contributed by atoms with Crippen molar-refractivity contribution in [3.8, 4) is 0 Å². The second-order valence-electron chi connectivity index (χ2n) is 8.86. The van der Waals surface area contributed by atoms with Crippen molar-refractivity contribution >= 4 is 5.91 Å². The lowest BCUT2D eigenvalue weighted by Gasteiger charge is -2.52. The fourth-order valence-electron chi connectivity index (χ4n) is 4.81. The van der Waals surface area contributed by atoms with Crippen LogP contribution in [0.3, 0.4) is 0 Å². The Kier molecular flexibility index (Phi) is 5.38. The first-order chi connectivity index (χ1) is 15.1. The highest BCUT2D eigenvalue weighted by Crippen LogP contribution is 2.38. The third-order valence-corrected chi connectivity index (χ3v) is 6.71. The Bertz CT molecular complexity index is 1030. The van der Waals surface area contributed by atoms with Crippen LogP contribution in [0.2, 0.25) is 0 Å². The van der Waals surface area contributed by atoms with Gasteiger partial charge in [-0.2, -0.15) is 0 Å². The summed E-state index contributed by atoms with van der Waals surface area (Å²) in [5.74, 6) is 1.93. The molecule has 2 aliphatic rings. The molecule has 2 aliphatic heterocycles.